The van der Waals surface area contributed by atoms with E-state index in [-0.39, 0.29) is 27.6 Å². The van der Waals surface area contributed by atoms with Crippen molar-refractivity contribution < 1.29 is 13.2 Å². The van der Waals surface area contributed by atoms with E-state index in [1.807, 2.05) is 38.1 Å². The molecule has 0 aliphatic carbocycles. The van der Waals surface area contributed by atoms with Crippen LogP contribution >= 0.6 is 23.2 Å². The van der Waals surface area contributed by atoms with Crippen LogP contribution < -0.4 is 4.72 Å². The lowest BCUT2D eigenvalue weighted by Gasteiger charge is -2.13. The SMILES string of the molecule is CC(C)OCc1ccccc1CNS(=O)(=O)c1cccc(Cl)c1Cl. The van der Waals surface area contributed by atoms with Gasteiger partial charge in [0.1, 0.15) is 4.90 Å². The standard InChI is InChI=1S/C17H19Cl2NO3S/c1-12(2)23-11-14-7-4-3-6-13(14)10-20-24(21,22)16-9-5-8-15(18)17(16)19/h3-9,12,20H,10-11H2,1-2H3. The summed E-state index contributed by atoms with van der Waals surface area (Å²) in [6.07, 6.45) is 0.0972. The molecule has 0 aromatic heterocycles. The summed E-state index contributed by atoms with van der Waals surface area (Å²) < 4.78 is 33.1. The average molecular weight is 388 g/mol. The molecule has 0 unspecified atom stereocenters. The molecule has 0 atom stereocenters. The summed E-state index contributed by atoms with van der Waals surface area (Å²) in [4.78, 5) is -0.0346. The number of rotatable bonds is 7. The molecule has 0 saturated carbocycles. The molecule has 2 rings (SSSR count). The summed E-state index contributed by atoms with van der Waals surface area (Å²) in [6.45, 7) is 4.47. The van der Waals surface area contributed by atoms with E-state index >= 15 is 0 Å². The van der Waals surface area contributed by atoms with Crippen molar-refractivity contribution in [3.63, 3.8) is 0 Å². The molecule has 130 valence electrons. The lowest BCUT2D eigenvalue weighted by atomic mass is 10.1. The third-order valence-electron chi connectivity index (χ3n) is 3.35. The number of hydrogen-bond acceptors (Lipinski definition) is 3. The van der Waals surface area contributed by atoms with E-state index in [2.05, 4.69) is 4.72 Å². The van der Waals surface area contributed by atoms with Gasteiger partial charge < -0.3 is 4.74 Å². The van der Waals surface area contributed by atoms with E-state index in [9.17, 15) is 8.42 Å². The van der Waals surface area contributed by atoms with E-state index in [0.717, 1.165) is 11.1 Å². The highest BCUT2D eigenvalue weighted by Crippen LogP contribution is 2.28. The summed E-state index contributed by atoms with van der Waals surface area (Å²) in [5.74, 6) is 0. The van der Waals surface area contributed by atoms with Crippen LogP contribution in [0.1, 0.15) is 25.0 Å². The monoisotopic (exact) mass is 387 g/mol. The summed E-state index contributed by atoms with van der Waals surface area (Å²) in [5.41, 5.74) is 1.78. The van der Waals surface area contributed by atoms with E-state index < -0.39 is 10.0 Å². The van der Waals surface area contributed by atoms with Crippen LogP contribution in [0.15, 0.2) is 47.4 Å². The van der Waals surface area contributed by atoms with Crippen LogP contribution in [0.2, 0.25) is 10.0 Å². The van der Waals surface area contributed by atoms with Gasteiger partial charge in [0, 0.05) is 6.54 Å². The van der Waals surface area contributed by atoms with Crippen molar-refractivity contribution in [2.24, 2.45) is 0 Å². The van der Waals surface area contributed by atoms with Gasteiger partial charge in [-0.25, -0.2) is 13.1 Å². The molecule has 2 aromatic rings. The van der Waals surface area contributed by atoms with Crippen molar-refractivity contribution in [2.75, 3.05) is 0 Å². The first-order chi connectivity index (χ1) is 11.3. The molecule has 0 aliphatic heterocycles. The van der Waals surface area contributed by atoms with Gasteiger partial charge in [-0.05, 0) is 37.1 Å². The fourth-order valence-electron chi connectivity index (χ4n) is 2.07. The first-order valence-electron chi connectivity index (χ1n) is 7.43. The van der Waals surface area contributed by atoms with Crippen LogP contribution in [0.25, 0.3) is 0 Å². The average Bonchev–Trinajstić information content (AvgIpc) is 2.54. The molecule has 0 bridgehead atoms. The Bertz CT molecular complexity index is 807. The van der Waals surface area contributed by atoms with E-state index in [4.69, 9.17) is 27.9 Å². The summed E-state index contributed by atoms with van der Waals surface area (Å²) >= 11 is 11.9. The number of sulfonamides is 1. The highest BCUT2D eigenvalue weighted by Gasteiger charge is 2.19. The second-order valence-corrected chi connectivity index (χ2v) is 8.03. The highest BCUT2D eigenvalue weighted by atomic mass is 35.5. The lowest BCUT2D eigenvalue weighted by Crippen LogP contribution is -2.24. The number of benzene rings is 2. The first-order valence-corrected chi connectivity index (χ1v) is 9.67. The maximum atomic E-state index is 12.5. The topological polar surface area (TPSA) is 55.4 Å². The van der Waals surface area contributed by atoms with Gasteiger partial charge in [-0.15, -0.1) is 0 Å². The second-order valence-electron chi connectivity index (χ2n) is 5.50. The summed E-state index contributed by atoms with van der Waals surface area (Å²) in [7, 11) is -3.77. The van der Waals surface area contributed by atoms with Gasteiger partial charge in [-0.1, -0.05) is 53.5 Å². The zero-order chi connectivity index (χ0) is 17.7. The molecule has 0 saturated heterocycles. The molecule has 1 N–H and O–H groups in total. The normalized spacial score (nSPS) is 11.9. The molecule has 7 heteroatoms. The van der Waals surface area contributed by atoms with Gasteiger partial charge in [-0.2, -0.15) is 0 Å². The second kappa shape index (κ2) is 8.32. The number of nitrogens with one attached hydrogen (secondary N) is 1. The van der Waals surface area contributed by atoms with Crippen molar-refractivity contribution >= 4 is 33.2 Å². The number of ether oxygens (including phenoxy) is 1. The zero-order valence-electron chi connectivity index (χ0n) is 13.4. The van der Waals surface area contributed by atoms with E-state index in [1.54, 1.807) is 12.1 Å². The van der Waals surface area contributed by atoms with E-state index in [1.165, 1.54) is 6.07 Å². The third-order valence-corrected chi connectivity index (χ3v) is 5.72. The molecule has 0 fully saturated rings. The highest BCUT2D eigenvalue weighted by molar-refractivity contribution is 7.89. The molecule has 0 amide bonds. The van der Waals surface area contributed by atoms with Crippen LogP contribution in [-0.2, 0) is 27.9 Å². The van der Waals surface area contributed by atoms with Crippen LogP contribution in [0.5, 0.6) is 0 Å². The Balaban J connectivity index is 2.17. The minimum Gasteiger partial charge on any atom is -0.374 e. The Morgan fingerprint density at radius 1 is 1.04 bits per heavy atom. The first kappa shape index (κ1) is 19.2. The summed E-state index contributed by atoms with van der Waals surface area (Å²) in [5, 5.41) is 0.216. The predicted octanol–water partition coefficient (Wildman–Crippen LogP) is 4.40. The molecule has 2 aromatic carbocycles. The van der Waals surface area contributed by atoms with Crippen molar-refractivity contribution in [3.05, 3.63) is 63.6 Å². The van der Waals surface area contributed by atoms with Crippen molar-refractivity contribution in [1.82, 2.24) is 4.72 Å². The van der Waals surface area contributed by atoms with Crippen molar-refractivity contribution in [2.45, 2.75) is 38.0 Å². The molecule has 0 spiro atoms. The Morgan fingerprint density at radius 3 is 2.38 bits per heavy atom. The number of halogens is 2. The van der Waals surface area contributed by atoms with Crippen LogP contribution in [0.4, 0.5) is 0 Å². The third kappa shape index (κ3) is 4.94. The van der Waals surface area contributed by atoms with Gasteiger partial charge in [0.25, 0.3) is 0 Å². The van der Waals surface area contributed by atoms with Gasteiger partial charge in [0.15, 0.2) is 0 Å². The number of hydrogen-bond donors (Lipinski definition) is 1. The van der Waals surface area contributed by atoms with Gasteiger partial charge >= 0.3 is 0 Å². The Morgan fingerprint density at radius 2 is 1.71 bits per heavy atom. The van der Waals surface area contributed by atoms with Crippen molar-refractivity contribution in [1.29, 1.82) is 0 Å². The van der Waals surface area contributed by atoms with Gasteiger partial charge in [-0.3, -0.25) is 0 Å². The quantitative estimate of drug-likeness (QED) is 0.765. The minimum absolute atomic E-state index is 0.0168. The van der Waals surface area contributed by atoms with Gasteiger partial charge in [0.2, 0.25) is 10.0 Å². The minimum atomic E-state index is -3.77. The van der Waals surface area contributed by atoms with Crippen molar-refractivity contribution in [3.8, 4) is 0 Å². The molecular formula is C17H19Cl2NO3S. The molecule has 0 aliphatic rings. The largest absolute Gasteiger partial charge is 0.374 e. The maximum absolute atomic E-state index is 12.5. The molecule has 0 radical (unpaired) electrons. The fourth-order valence-corrected chi connectivity index (χ4v) is 3.84. The predicted molar refractivity (Wildman–Crippen MR) is 96.9 cm³/mol. The summed E-state index contributed by atoms with van der Waals surface area (Å²) in [6, 6.07) is 12.0. The van der Waals surface area contributed by atoms with Gasteiger partial charge in [0.05, 0.1) is 22.8 Å². The lowest BCUT2D eigenvalue weighted by molar-refractivity contribution is 0.0652. The van der Waals surface area contributed by atoms with Crippen LogP contribution in [0, 0.1) is 0 Å². The molecular weight excluding hydrogens is 369 g/mol. The Labute approximate surface area is 152 Å². The maximum Gasteiger partial charge on any atom is 0.242 e. The molecule has 24 heavy (non-hydrogen) atoms. The Kier molecular flexibility index (Phi) is 6.66. The molecule has 0 heterocycles. The Hall–Kier alpha value is -1.11. The zero-order valence-corrected chi connectivity index (χ0v) is 15.8. The van der Waals surface area contributed by atoms with Crippen LogP contribution in [0.3, 0.4) is 0 Å². The molecule has 4 nitrogen and oxygen atoms in total. The van der Waals surface area contributed by atoms with E-state index in [0.29, 0.717) is 6.61 Å². The fraction of sp³-hybridized carbons (Fsp3) is 0.294. The van der Waals surface area contributed by atoms with Crippen LogP contribution in [-0.4, -0.2) is 14.5 Å². The smallest absolute Gasteiger partial charge is 0.242 e.